The van der Waals surface area contributed by atoms with Crippen molar-refractivity contribution in [1.29, 1.82) is 0 Å². The van der Waals surface area contributed by atoms with Crippen LogP contribution in [0.2, 0.25) is 5.02 Å². The number of methoxy groups -OCH3 is 1. The zero-order chi connectivity index (χ0) is 25.7. The molecule has 0 spiro atoms. The molecule has 0 bridgehead atoms. The van der Waals surface area contributed by atoms with Gasteiger partial charge in [0.2, 0.25) is 5.82 Å². The van der Waals surface area contributed by atoms with E-state index in [2.05, 4.69) is 9.88 Å². The van der Waals surface area contributed by atoms with Crippen LogP contribution < -0.4 is 9.47 Å². The number of benzene rings is 2. The van der Waals surface area contributed by atoms with E-state index in [4.69, 9.17) is 21.1 Å². The van der Waals surface area contributed by atoms with Gasteiger partial charge in [-0.1, -0.05) is 11.6 Å². The van der Waals surface area contributed by atoms with Gasteiger partial charge in [0.15, 0.2) is 11.6 Å². The molecule has 0 atom stereocenters. The van der Waals surface area contributed by atoms with Crippen molar-refractivity contribution in [2.24, 2.45) is 5.41 Å². The Morgan fingerprint density at radius 1 is 1.14 bits per heavy atom. The van der Waals surface area contributed by atoms with Gasteiger partial charge in [0, 0.05) is 36.9 Å². The molecule has 36 heavy (non-hydrogen) atoms. The number of aromatic nitrogens is 1. The molecule has 4 rings (SSSR count). The Bertz CT molecular complexity index is 1200. The van der Waals surface area contributed by atoms with Crippen molar-refractivity contribution in [3.8, 4) is 11.5 Å². The van der Waals surface area contributed by atoms with Crippen molar-refractivity contribution in [2.45, 2.75) is 32.1 Å². The number of pyridine rings is 1. The molecule has 9 heteroatoms. The molecular formula is C27H30ClF3N2O3. The Morgan fingerprint density at radius 2 is 1.92 bits per heavy atom. The van der Waals surface area contributed by atoms with E-state index in [9.17, 15) is 18.3 Å². The van der Waals surface area contributed by atoms with Gasteiger partial charge in [-0.25, -0.2) is 8.78 Å². The summed E-state index contributed by atoms with van der Waals surface area (Å²) >= 11 is 6.49. The molecule has 1 aromatic heterocycles. The second kappa shape index (κ2) is 11.7. The Kier molecular flexibility index (Phi) is 8.59. The number of likely N-dealkylation sites (tertiary alicyclic amines) is 1. The third-order valence-electron chi connectivity index (χ3n) is 7.14. The molecule has 194 valence electrons. The number of hydrogen-bond donors (Lipinski definition) is 1. The minimum atomic E-state index is -1.27. The van der Waals surface area contributed by atoms with Crippen molar-refractivity contribution in [3.63, 3.8) is 0 Å². The number of aliphatic hydroxyl groups is 1. The zero-order valence-corrected chi connectivity index (χ0v) is 21.0. The van der Waals surface area contributed by atoms with E-state index in [0.29, 0.717) is 17.6 Å². The highest BCUT2D eigenvalue weighted by Gasteiger charge is 2.33. The monoisotopic (exact) mass is 522 g/mol. The van der Waals surface area contributed by atoms with Crippen LogP contribution in [0.25, 0.3) is 10.9 Å². The van der Waals surface area contributed by atoms with E-state index in [0.717, 1.165) is 73.5 Å². The fourth-order valence-corrected chi connectivity index (χ4v) is 5.13. The van der Waals surface area contributed by atoms with Gasteiger partial charge in [-0.05, 0) is 74.4 Å². The highest BCUT2D eigenvalue weighted by molar-refractivity contribution is 6.32. The topological polar surface area (TPSA) is 54.8 Å². The molecule has 5 nitrogen and oxygen atoms in total. The van der Waals surface area contributed by atoms with Gasteiger partial charge in [0.25, 0.3) is 0 Å². The number of ether oxygens (including phenoxy) is 2. The standard InChI is InChI=1S/C27H30ClF3N2O3/c1-35-19-4-5-24-21(15-19)20(22(28)16-32-24)3-2-6-27(17-34)7-9-33(10-8-27)11-12-36-25-14-18(29)13-23(30)26(25)31/h4-5,13-16,34H,2-3,6-12,17H2,1H3. The maximum atomic E-state index is 13.8. The van der Waals surface area contributed by atoms with Gasteiger partial charge < -0.3 is 14.6 Å². The average molecular weight is 523 g/mol. The number of piperidine rings is 1. The van der Waals surface area contributed by atoms with Crippen LogP contribution in [0.15, 0.2) is 36.5 Å². The zero-order valence-electron chi connectivity index (χ0n) is 20.2. The number of aliphatic hydroxyl groups excluding tert-OH is 1. The van der Waals surface area contributed by atoms with Gasteiger partial charge in [0.05, 0.1) is 17.6 Å². The van der Waals surface area contributed by atoms with Crippen molar-refractivity contribution in [2.75, 3.05) is 40.0 Å². The molecule has 2 heterocycles. The maximum absolute atomic E-state index is 13.8. The van der Waals surface area contributed by atoms with Crippen molar-refractivity contribution in [1.82, 2.24) is 9.88 Å². The van der Waals surface area contributed by atoms with Crippen LogP contribution in [0.4, 0.5) is 13.2 Å². The summed E-state index contributed by atoms with van der Waals surface area (Å²) in [6.07, 6.45) is 5.78. The summed E-state index contributed by atoms with van der Waals surface area (Å²) in [7, 11) is 1.63. The fourth-order valence-electron chi connectivity index (χ4n) is 4.88. The first-order chi connectivity index (χ1) is 17.3. The third-order valence-corrected chi connectivity index (χ3v) is 7.47. The first-order valence-electron chi connectivity index (χ1n) is 12.1. The Morgan fingerprint density at radius 3 is 2.64 bits per heavy atom. The first-order valence-corrected chi connectivity index (χ1v) is 12.4. The molecule has 3 aromatic rings. The Hall–Kier alpha value is -2.55. The smallest absolute Gasteiger partial charge is 0.200 e. The van der Waals surface area contributed by atoms with Crippen LogP contribution in [0, 0.1) is 22.9 Å². The minimum absolute atomic E-state index is 0.101. The van der Waals surface area contributed by atoms with Crippen LogP contribution in [-0.2, 0) is 6.42 Å². The van der Waals surface area contributed by atoms with Gasteiger partial charge in [-0.2, -0.15) is 4.39 Å². The molecule has 0 radical (unpaired) electrons. The largest absolute Gasteiger partial charge is 0.497 e. The van der Waals surface area contributed by atoms with E-state index >= 15 is 0 Å². The second-order valence-electron chi connectivity index (χ2n) is 9.37. The highest BCUT2D eigenvalue weighted by Crippen LogP contribution is 2.37. The quantitative estimate of drug-likeness (QED) is 0.342. The van der Waals surface area contributed by atoms with E-state index < -0.39 is 23.2 Å². The van der Waals surface area contributed by atoms with Gasteiger partial charge >= 0.3 is 0 Å². The lowest BCUT2D eigenvalue weighted by Crippen LogP contribution is -2.43. The third kappa shape index (κ3) is 6.05. The molecular weight excluding hydrogens is 493 g/mol. The van der Waals surface area contributed by atoms with Gasteiger partial charge in [0.1, 0.15) is 18.2 Å². The number of rotatable bonds is 10. The van der Waals surface area contributed by atoms with E-state index in [-0.39, 0.29) is 18.6 Å². The Balaban J connectivity index is 1.30. The number of aryl methyl sites for hydroxylation is 1. The highest BCUT2D eigenvalue weighted by atomic mass is 35.5. The summed E-state index contributed by atoms with van der Waals surface area (Å²) in [5, 5.41) is 11.8. The molecule has 0 amide bonds. The lowest BCUT2D eigenvalue weighted by Gasteiger charge is -2.41. The molecule has 1 aliphatic rings. The van der Waals surface area contributed by atoms with Crippen molar-refractivity contribution < 1.29 is 27.8 Å². The SMILES string of the molecule is COc1ccc2ncc(Cl)c(CCCC3(CO)CCN(CCOc4cc(F)cc(F)c4F)CC3)c2c1. The van der Waals surface area contributed by atoms with Crippen LogP contribution in [0.1, 0.15) is 31.2 Å². The summed E-state index contributed by atoms with van der Waals surface area (Å²) in [5.41, 5.74) is 1.72. The summed E-state index contributed by atoms with van der Waals surface area (Å²) in [4.78, 5) is 6.56. The van der Waals surface area contributed by atoms with Gasteiger partial charge in [-0.3, -0.25) is 9.88 Å². The first kappa shape index (κ1) is 26.5. The molecule has 1 fully saturated rings. The van der Waals surface area contributed by atoms with E-state index in [1.54, 1.807) is 13.3 Å². The molecule has 0 aliphatic carbocycles. The number of halogens is 4. The molecule has 1 N–H and O–H groups in total. The number of nitrogens with zero attached hydrogens (tertiary/aromatic N) is 2. The summed E-state index contributed by atoms with van der Waals surface area (Å²) in [6.45, 7) is 2.21. The molecule has 2 aromatic carbocycles. The summed E-state index contributed by atoms with van der Waals surface area (Å²) in [6, 6.07) is 7.08. The maximum Gasteiger partial charge on any atom is 0.200 e. The average Bonchev–Trinajstić information content (AvgIpc) is 2.88. The lowest BCUT2D eigenvalue weighted by molar-refractivity contribution is 0.0314. The predicted octanol–water partition coefficient (Wildman–Crippen LogP) is 5.79. The van der Waals surface area contributed by atoms with E-state index in [1.807, 2.05) is 18.2 Å². The molecule has 0 unspecified atom stereocenters. The lowest BCUT2D eigenvalue weighted by atomic mass is 9.75. The minimum Gasteiger partial charge on any atom is -0.497 e. The molecule has 1 saturated heterocycles. The van der Waals surface area contributed by atoms with E-state index in [1.165, 1.54) is 0 Å². The summed E-state index contributed by atoms with van der Waals surface area (Å²) < 4.78 is 51.1. The van der Waals surface area contributed by atoms with Crippen molar-refractivity contribution >= 4 is 22.5 Å². The predicted molar refractivity (Wildman–Crippen MR) is 133 cm³/mol. The van der Waals surface area contributed by atoms with Crippen LogP contribution in [-0.4, -0.2) is 54.9 Å². The second-order valence-corrected chi connectivity index (χ2v) is 9.78. The fraction of sp³-hybridized carbons (Fsp3) is 0.444. The molecule has 1 aliphatic heterocycles. The summed E-state index contributed by atoms with van der Waals surface area (Å²) in [5.74, 6) is -3.00. The van der Waals surface area contributed by atoms with Crippen LogP contribution in [0.5, 0.6) is 11.5 Å². The van der Waals surface area contributed by atoms with Crippen LogP contribution >= 0.6 is 11.6 Å². The normalized spacial score (nSPS) is 15.8. The Labute approximate surface area is 213 Å². The van der Waals surface area contributed by atoms with Crippen molar-refractivity contribution in [3.05, 3.63) is 64.6 Å². The molecule has 0 saturated carbocycles. The number of fused-ring (bicyclic) bond motifs is 1. The van der Waals surface area contributed by atoms with Gasteiger partial charge in [-0.15, -0.1) is 0 Å². The number of hydrogen-bond acceptors (Lipinski definition) is 5. The van der Waals surface area contributed by atoms with Crippen LogP contribution in [0.3, 0.4) is 0 Å².